The Kier molecular flexibility index (Phi) is 4.86. The van der Waals surface area contributed by atoms with E-state index < -0.39 is 0 Å². The molecule has 4 nitrogen and oxygen atoms in total. The van der Waals surface area contributed by atoms with Gasteiger partial charge in [0.05, 0.1) is 5.69 Å². The second kappa shape index (κ2) is 6.85. The van der Waals surface area contributed by atoms with Crippen molar-refractivity contribution in [2.45, 2.75) is 19.4 Å². The molecule has 0 amide bonds. The van der Waals surface area contributed by atoms with Gasteiger partial charge >= 0.3 is 0 Å². The van der Waals surface area contributed by atoms with Crippen molar-refractivity contribution in [1.29, 1.82) is 0 Å². The molecule has 1 heterocycles. The number of benzene rings is 1. The summed E-state index contributed by atoms with van der Waals surface area (Å²) in [7, 11) is 2.02. The fourth-order valence-electron chi connectivity index (χ4n) is 1.91. The number of aromatic nitrogens is 2. The Hall–Kier alpha value is -1.94. The molecule has 19 heavy (non-hydrogen) atoms. The van der Waals surface area contributed by atoms with Gasteiger partial charge in [0.15, 0.2) is 5.82 Å². The molecule has 0 aliphatic carbocycles. The lowest BCUT2D eigenvalue weighted by Crippen LogP contribution is -2.18. The summed E-state index contributed by atoms with van der Waals surface area (Å²) in [4.78, 5) is 2.09. The Bertz CT molecular complexity index is 481. The van der Waals surface area contributed by atoms with E-state index in [1.165, 1.54) is 5.56 Å². The minimum atomic E-state index is 0.692. The lowest BCUT2D eigenvalue weighted by atomic mass is 10.2. The van der Waals surface area contributed by atoms with Gasteiger partial charge in [-0.3, -0.25) is 0 Å². The van der Waals surface area contributed by atoms with E-state index in [2.05, 4.69) is 27.2 Å². The maximum Gasteiger partial charge on any atom is 0.151 e. The first-order valence-electron chi connectivity index (χ1n) is 6.57. The highest BCUT2D eigenvalue weighted by molar-refractivity contribution is 5.37. The number of hydrogen-bond acceptors (Lipinski definition) is 4. The predicted molar refractivity (Wildman–Crippen MR) is 78.0 cm³/mol. The fourth-order valence-corrected chi connectivity index (χ4v) is 1.91. The van der Waals surface area contributed by atoms with Crippen molar-refractivity contribution in [3.8, 4) is 0 Å². The Labute approximate surface area is 114 Å². The number of hydrogen-bond donors (Lipinski definition) is 1. The minimum absolute atomic E-state index is 0.692. The zero-order valence-corrected chi connectivity index (χ0v) is 11.3. The van der Waals surface area contributed by atoms with E-state index in [4.69, 9.17) is 5.73 Å². The first kappa shape index (κ1) is 13.5. The molecule has 100 valence electrons. The maximum absolute atomic E-state index is 5.48. The highest BCUT2D eigenvalue weighted by Crippen LogP contribution is 2.12. The first-order chi connectivity index (χ1) is 9.29. The van der Waals surface area contributed by atoms with Gasteiger partial charge in [0, 0.05) is 13.6 Å². The van der Waals surface area contributed by atoms with Crippen molar-refractivity contribution in [3.05, 3.63) is 53.7 Å². The molecule has 2 aromatic rings. The third kappa shape index (κ3) is 4.03. The van der Waals surface area contributed by atoms with Gasteiger partial charge in [-0.05, 0) is 37.1 Å². The van der Waals surface area contributed by atoms with Crippen LogP contribution in [0.4, 0.5) is 5.82 Å². The van der Waals surface area contributed by atoms with Crippen LogP contribution in [0, 0.1) is 0 Å². The lowest BCUT2D eigenvalue weighted by molar-refractivity contribution is 0.777. The van der Waals surface area contributed by atoms with Crippen LogP contribution in [0.15, 0.2) is 42.5 Å². The van der Waals surface area contributed by atoms with E-state index in [1.807, 2.05) is 37.4 Å². The number of nitrogens with zero attached hydrogens (tertiary/aromatic N) is 3. The minimum Gasteiger partial charge on any atom is -0.354 e. The summed E-state index contributed by atoms with van der Waals surface area (Å²) in [6, 6.07) is 14.4. The summed E-state index contributed by atoms with van der Waals surface area (Å²) in [5.74, 6) is 0.889. The second-order valence-corrected chi connectivity index (χ2v) is 4.62. The summed E-state index contributed by atoms with van der Waals surface area (Å²) in [5.41, 5.74) is 7.75. The molecule has 0 fully saturated rings. The molecule has 0 saturated heterocycles. The molecule has 2 N–H and O–H groups in total. The Balaban J connectivity index is 1.97. The van der Waals surface area contributed by atoms with E-state index in [-0.39, 0.29) is 0 Å². The maximum atomic E-state index is 5.48. The Morgan fingerprint density at radius 3 is 2.47 bits per heavy atom. The number of anilines is 1. The summed E-state index contributed by atoms with van der Waals surface area (Å²) < 4.78 is 0. The van der Waals surface area contributed by atoms with Crippen molar-refractivity contribution >= 4 is 5.82 Å². The van der Waals surface area contributed by atoms with Crippen LogP contribution >= 0.6 is 0 Å². The van der Waals surface area contributed by atoms with Gasteiger partial charge < -0.3 is 10.6 Å². The molecule has 0 aliphatic rings. The SMILES string of the molecule is CN(Cc1ccccc1)c1ccc(CCCN)nn1. The van der Waals surface area contributed by atoms with Crippen molar-refractivity contribution < 1.29 is 0 Å². The molecule has 0 saturated carbocycles. The van der Waals surface area contributed by atoms with Crippen LogP contribution < -0.4 is 10.6 Å². The smallest absolute Gasteiger partial charge is 0.151 e. The van der Waals surface area contributed by atoms with Gasteiger partial charge in [-0.1, -0.05) is 30.3 Å². The summed E-state index contributed by atoms with van der Waals surface area (Å²) in [6.07, 6.45) is 1.85. The zero-order valence-electron chi connectivity index (χ0n) is 11.3. The molecule has 1 aromatic heterocycles. The fraction of sp³-hybridized carbons (Fsp3) is 0.333. The Morgan fingerprint density at radius 1 is 1.05 bits per heavy atom. The molecule has 0 bridgehead atoms. The van der Waals surface area contributed by atoms with Crippen LogP contribution in [0.2, 0.25) is 0 Å². The van der Waals surface area contributed by atoms with Crippen LogP contribution in [0.1, 0.15) is 17.7 Å². The summed E-state index contributed by atoms with van der Waals surface area (Å²) in [6.45, 7) is 1.52. The first-order valence-corrected chi connectivity index (χ1v) is 6.57. The van der Waals surface area contributed by atoms with E-state index in [0.717, 1.165) is 30.9 Å². The third-order valence-corrected chi connectivity index (χ3v) is 3.00. The van der Waals surface area contributed by atoms with Crippen molar-refractivity contribution in [3.63, 3.8) is 0 Å². The van der Waals surface area contributed by atoms with E-state index >= 15 is 0 Å². The number of rotatable bonds is 6. The van der Waals surface area contributed by atoms with Gasteiger partial charge in [0.25, 0.3) is 0 Å². The van der Waals surface area contributed by atoms with Crippen molar-refractivity contribution in [1.82, 2.24) is 10.2 Å². The van der Waals surface area contributed by atoms with Gasteiger partial charge in [-0.25, -0.2) is 0 Å². The predicted octanol–water partition coefficient (Wildman–Crippen LogP) is 2.00. The van der Waals surface area contributed by atoms with Gasteiger partial charge in [-0.15, -0.1) is 5.10 Å². The number of nitrogens with two attached hydrogens (primary N) is 1. The molecular weight excluding hydrogens is 236 g/mol. The zero-order chi connectivity index (χ0) is 13.5. The molecule has 0 unspecified atom stereocenters. The van der Waals surface area contributed by atoms with E-state index in [9.17, 15) is 0 Å². The third-order valence-electron chi connectivity index (χ3n) is 3.00. The van der Waals surface area contributed by atoms with Crippen LogP contribution in [-0.2, 0) is 13.0 Å². The second-order valence-electron chi connectivity index (χ2n) is 4.62. The summed E-state index contributed by atoms with van der Waals surface area (Å²) in [5, 5.41) is 8.49. The molecule has 0 atom stereocenters. The highest BCUT2D eigenvalue weighted by atomic mass is 15.2. The van der Waals surface area contributed by atoms with Crippen LogP contribution in [0.25, 0.3) is 0 Å². The molecule has 0 spiro atoms. The van der Waals surface area contributed by atoms with Gasteiger partial charge in [0.1, 0.15) is 0 Å². The topological polar surface area (TPSA) is 55.0 Å². The van der Waals surface area contributed by atoms with Crippen LogP contribution in [-0.4, -0.2) is 23.8 Å². The van der Waals surface area contributed by atoms with Crippen molar-refractivity contribution in [2.75, 3.05) is 18.5 Å². The van der Waals surface area contributed by atoms with E-state index in [1.54, 1.807) is 0 Å². The average Bonchev–Trinajstić information content (AvgIpc) is 2.46. The molecule has 0 aliphatic heterocycles. The molecule has 2 rings (SSSR count). The monoisotopic (exact) mass is 256 g/mol. The van der Waals surface area contributed by atoms with Gasteiger partial charge in [-0.2, -0.15) is 5.10 Å². The van der Waals surface area contributed by atoms with Gasteiger partial charge in [0.2, 0.25) is 0 Å². The van der Waals surface area contributed by atoms with E-state index in [0.29, 0.717) is 6.54 Å². The quantitative estimate of drug-likeness (QED) is 0.859. The standard InChI is InChI=1S/C15H20N4/c1-19(12-13-6-3-2-4-7-13)15-10-9-14(17-18-15)8-5-11-16/h2-4,6-7,9-10H,5,8,11-12,16H2,1H3. The molecule has 1 aromatic carbocycles. The average molecular weight is 256 g/mol. The van der Waals surface area contributed by atoms with Crippen LogP contribution in [0.3, 0.4) is 0 Å². The molecular formula is C15H20N4. The normalized spacial score (nSPS) is 10.4. The van der Waals surface area contributed by atoms with Crippen LogP contribution in [0.5, 0.6) is 0 Å². The van der Waals surface area contributed by atoms with Crippen molar-refractivity contribution in [2.24, 2.45) is 5.73 Å². The largest absolute Gasteiger partial charge is 0.354 e. The number of aryl methyl sites for hydroxylation is 1. The summed E-state index contributed by atoms with van der Waals surface area (Å²) >= 11 is 0. The Morgan fingerprint density at radius 2 is 1.84 bits per heavy atom. The lowest BCUT2D eigenvalue weighted by Gasteiger charge is -2.17. The highest BCUT2D eigenvalue weighted by Gasteiger charge is 2.04. The molecule has 0 radical (unpaired) electrons. The molecule has 4 heteroatoms.